The fourth-order valence-electron chi connectivity index (χ4n) is 3.60. The lowest BCUT2D eigenvalue weighted by atomic mass is 10.1. The Morgan fingerprint density at radius 1 is 1.00 bits per heavy atom. The molecule has 1 atom stereocenters. The second-order valence-corrected chi connectivity index (χ2v) is 11.5. The molecule has 2 aromatic carbocycles. The van der Waals surface area contributed by atoms with Crippen LogP contribution >= 0.6 is 34.8 Å². The van der Waals surface area contributed by atoms with Gasteiger partial charge in [0.2, 0.25) is 21.8 Å². The second-order valence-electron chi connectivity index (χ2n) is 8.42. The normalized spacial score (nSPS) is 12.7. The molecule has 14 heteroatoms. The summed E-state index contributed by atoms with van der Waals surface area (Å²) in [7, 11) is -4.29. The van der Waals surface area contributed by atoms with Crippen LogP contribution in [0.4, 0.5) is 18.9 Å². The quantitative estimate of drug-likeness (QED) is 0.348. The van der Waals surface area contributed by atoms with Gasteiger partial charge in [-0.05, 0) is 48.7 Å². The smallest absolute Gasteiger partial charge is 0.354 e. The van der Waals surface area contributed by atoms with Crippen molar-refractivity contribution in [1.29, 1.82) is 0 Å². The lowest BCUT2D eigenvalue weighted by Crippen LogP contribution is -2.52. The van der Waals surface area contributed by atoms with Crippen LogP contribution in [0.25, 0.3) is 0 Å². The van der Waals surface area contributed by atoms with E-state index in [-0.39, 0.29) is 28.0 Å². The topological polar surface area (TPSA) is 86.8 Å². The number of nitrogens with one attached hydrogen (secondary N) is 1. The zero-order valence-electron chi connectivity index (χ0n) is 20.8. The highest BCUT2D eigenvalue weighted by Gasteiger charge is 2.35. The van der Waals surface area contributed by atoms with Crippen molar-refractivity contribution >= 4 is 62.3 Å². The van der Waals surface area contributed by atoms with E-state index in [2.05, 4.69) is 5.32 Å². The van der Waals surface area contributed by atoms with E-state index in [9.17, 15) is 31.2 Å². The number of carbonyl (C=O) groups is 2. The maximum atomic E-state index is 13.6. The monoisotopic (exact) mass is 615 g/mol. The first kappa shape index (κ1) is 32.0. The van der Waals surface area contributed by atoms with Gasteiger partial charge in [-0.15, -0.1) is 0 Å². The molecule has 210 valence electrons. The van der Waals surface area contributed by atoms with Gasteiger partial charge in [-0.1, -0.05) is 54.7 Å². The molecular weight excluding hydrogens is 590 g/mol. The third-order valence-corrected chi connectivity index (χ3v) is 7.68. The van der Waals surface area contributed by atoms with Gasteiger partial charge in [-0.3, -0.25) is 13.9 Å². The largest absolute Gasteiger partial charge is 0.416 e. The van der Waals surface area contributed by atoms with E-state index < -0.39 is 51.9 Å². The third kappa shape index (κ3) is 8.39. The number of hydrogen-bond donors (Lipinski definition) is 1. The first-order valence-corrected chi connectivity index (χ1v) is 14.4. The first-order chi connectivity index (χ1) is 17.6. The number of rotatable bonds is 11. The Balaban J connectivity index is 2.55. The second kappa shape index (κ2) is 13.2. The average molecular weight is 617 g/mol. The molecule has 2 amide bonds. The molecule has 0 bridgehead atoms. The maximum Gasteiger partial charge on any atom is 0.416 e. The molecule has 0 heterocycles. The van der Waals surface area contributed by atoms with E-state index in [0.29, 0.717) is 35.0 Å². The molecule has 0 unspecified atom stereocenters. The summed E-state index contributed by atoms with van der Waals surface area (Å²) >= 11 is 18.2. The van der Waals surface area contributed by atoms with Crippen molar-refractivity contribution in [1.82, 2.24) is 10.2 Å². The Hall–Kier alpha value is -2.21. The zero-order chi connectivity index (χ0) is 28.8. The molecule has 7 nitrogen and oxygen atoms in total. The Morgan fingerprint density at radius 3 is 2.16 bits per heavy atom. The number of halogens is 6. The molecule has 0 saturated heterocycles. The van der Waals surface area contributed by atoms with Crippen molar-refractivity contribution < 1.29 is 31.2 Å². The zero-order valence-corrected chi connectivity index (χ0v) is 23.9. The summed E-state index contributed by atoms with van der Waals surface area (Å²) in [5.74, 6) is -1.31. The van der Waals surface area contributed by atoms with Crippen molar-refractivity contribution in [2.24, 2.45) is 0 Å². The van der Waals surface area contributed by atoms with Gasteiger partial charge < -0.3 is 10.2 Å². The van der Waals surface area contributed by atoms with Crippen LogP contribution < -0.4 is 9.62 Å². The fraction of sp³-hybridized carbons (Fsp3) is 0.417. The van der Waals surface area contributed by atoms with Crippen molar-refractivity contribution in [3.63, 3.8) is 0 Å². The number of hydrogen-bond acceptors (Lipinski definition) is 4. The van der Waals surface area contributed by atoms with Crippen LogP contribution in [0, 0.1) is 0 Å². The molecule has 38 heavy (non-hydrogen) atoms. The Kier molecular flexibility index (Phi) is 11.1. The summed E-state index contributed by atoms with van der Waals surface area (Å²) < 4.78 is 65.9. The van der Waals surface area contributed by atoms with Gasteiger partial charge >= 0.3 is 6.18 Å². The summed E-state index contributed by atoms with van der Waals surface area (Å²) in [5.41, 5.74) is -1.16. The van der Waals surface area contributed by atoms with E-state index in [4.69, 9.17) is 34.8 Å². The van der Waals surface area contributed by atoms with Crippen molar-refractivity contribution in [3.05, 3.63) is 62.6 Å². The highest BCUT2D eigenvalue weighted by Crippen LogP contribution is 2.36. The molecule has 0 radical (unpaired) electrons. The third-order valence-electron chi connectivity index (χ3n) is 5.49. The first-order valence-electron chi connectivity index (χ1n) is 11.5. The minimum absolute atomic E-state index is 0.151. The number of amides is 2. The van der Waals surface area contributed by atoms with Gasteiger partial charge in [-0.25, -0.2) is 8.42 Å². The summed E-state index contributed by atoms with van der Waals surface area (Å²) in [6, 6.07) is 5.75. The van der Waals surface area contributed by atoms with Gasteiger partial charge in [0.1, 0.15) is 12.6 Å². The van der Waals surface area contributed by atoms with E-state index in [1.807, 2.05) is 6.92 Å². The Bertz CT molecular complexity index is 1280. The van der Waals surface area contributed by atoms with Gasteiger partial charge in [0.25, 0.3) is 0 Å². The minimum Gasteiger partial charge on any atom is -0.354 e. The summed E-state index contributed by atoms with van der Waals surface area (Å²) in [6.07, 6.45) is -3.23. The van der Waals surface area contributed by atoms with Gasteiger partial charge in [0, 0.05) is 13.1 Å². The van der Waals surface area contributed by atoms with E-state index in [1.165, 1.54) is 12.1 Å². The SMILES string of the molecule is CCCNC(=O)[C@H](CC)N(Cc1ccc(Cl)c(Cl)c1)C(=O)CN(c1cc(C(F)(F)F)ccc1Cl)S(C)(=O)=O. The summed E-state index contributed by atoms with van der Waals surface area (Å²) in [6.45, 7) is 2.81. The molecule has 0 spiro atoms. The lowest BCUT2D eigenvalue weighted by Gasteiger charge is -2.33. The van der Waals surface area contributed by atoms with Crippen LogP contribution in [-0.2, 0) is 32.3 Å². The molecule has 0 aliphatic rings. The highest BCUT2D eigenvalue weighted by molar-refractivity contribution is 7.92. The van der Waals surface area contributed by atoms with Crippen LogP contribution in [0.15, 0.2) is 36.4 Å². The number of sulfonamides is 1. The number of anilines is 1. The highest BCUT2D eigenvalue weighted by atomic mass is 35.5. The van der Waals surface area contributed by atoms with Crippen LogP contribution in [0.2, 0.25) is 15.1 Å². The molecule has 0 fully saturated rings. The van der Waals surface area contributed by atoms with E-state index >= 15 is 0 Å². The van der Waals surface area contributed by atoms with Crippen molar-refractivity contribution in [2.45, 2.75) is 45.5 Å². The number of alkyl halides is 3. The maximum absolute atomic E-state index is 13.6. The van der Waals surface area contributed by atoms with Crippen LogP contribution in [0.3, 0.4) is 0 Å². The standard InChI is InChI=1S/C24H27Cl3F3N3O4S/c1-4-10-31-23(35)20(5-2)32(13-15-6-8-17(25)19(27)11-15)22(34)14-33(38(3,36)37)21-12-16(24(28,29)30)7-9-18(21)26/h6-9,11-12,20H,4-5,10,13-14H2,1-3H3,(H,31,35)/t20-/m0/s1. The Labute approximate surface area is 234 Å². The molecule has 1 N–H and O–H groups in total. The predicted octanol–water partition coefficient (Wildman–Crippen LogP) is 5.77. The predicted molar refractivity (Wildman–Crippen MR) is 143 cm³/mol. The molecular formula is C24H27Cl3F3N3O4S. The molecule has 2 aromatic rings. The van der Waals surface area contributed by atoms with E-state index in [0.717, 1.165) is 17.2 Å². The van der Waals surface area contributed by atoms with Crippen molar-refractivity contribution in [2.75, 3.05) is 23.7 Å². The molecule has 0 aliphatic heterocycles. The van der Waals surface area contributed by atoms with Crippen LogP contribution in [-0.4, -0.2) is 50.5 Å². The van der Waals surface area contributed by atoms with Gasteiger partial charge in [0.05, 0.1) is 32.6 Å². The van der Waals surface area contributed by atoms with Crippen molar-refractivity contribution in [3.8, 4) is 0 Å². The summed E-state index contributed by atoms with van der Waals surface area (Å²) in [4.78, 5) is 27.7. The van der Waals surface area contributed by atoms with Crippen LogP contribution in [0.5, 0.6) is 0 Å². The molecule has 0 saturated carbocycles. The fourth-order valence-corrected chi connectivity index (χ4v) is 5.04. The van der Waals surface area contributed by atoms with Gasteiger partial charge in [0.15, 0.2) is 0 Å². The number of nitrogens with zero attached hydrogens (tertiary/aromatic N) is 2. The average Bonchev–Trinajstić information content (AvgIpc) is 2.82. The lowest BCUT2D eigenvalue weighted by molar-refractivity contribution is -0.140. The summed E-state index contributed by atoms with van der Waals surface area (Å²) in [5, 5.41) is 2.88. The molecule has 0 aromatic heterocycles. The number of benzene rings is 2. The van der Waals surface area contributed by atoms with E-state index in [1.54, 1.807) is 13.0 Å². The minimum atomic E-state index is -4.78. The van der Waals surface area contributed by atoms with Crippen LogP contribution in [0.1, 0.15) is 37.8 Å². The Morgan fingerprint density at radius 2 is 1.63 bits per heavy atom. The molecule has 2 rings (SSSR count). The number of carbonyl (C=O) groups excluding carboxylic acids is 2. The van der Waals surface area contributed by atoms with Gasteiger partial charge in [-0.2, -0.15) is 13.2 Å². The molecule has 0 aliphatic carbocycles.